The normalized spacial score (nSPS) is 20.1. The number of anilines is 1. The number of hydrogen-bond acceptors (Lipinski definition) is 6. The zero-order valence-corrected chi connectivity index (χ0v) is 16.6. The van der Waals surface area contributed by atoms with Gasteiger partial charge in [0.05, 0.1) is 33.0 Å². The van der Waals surface area contributed by atoms with Crippen molar-refractivity contribution in [3.63, 3.8) is 0 Å². The third-order valence-electron chi connectivity index (χ3n) is 5.32. The summed E-state index contributed by atoms with van der Waals surface area (Å²) in [4.78, 5) is 30.8. The van der Waals surface area contributed by atoms with Crippen molar-refractivity contribution in [3.8, 4) is 11.5 Å². The van der Waals surface area contributed by atoms with Gasteiger partial charge >= 0.3 is 6.03 Å². The smallest absolute Gasteiger partial charge is 0.320 e. The lowest BCUT2D eigenvalue weighted by atomic mass is 10.2. The zero-order chi connectivity index (χ0) is 20.1. The molecule has 1 aromatic rings. The number of rotatable bonds is 3. The Hall–Kier alpha value is -2.52. The number of hydrogen-bond donors (Lipinski definition) is 1. The van der Waals surface area contributed by atoms with E-state index in [0.29, 0.717) is 89.4 Å². The molecule has 4 rings (SSSR count). The highest BCUT2D eigenvalue weighted by Gasteiger charge is 2.27. The number of carbonyl (C=O) groups is 2. The third-order valence-corrected chi connectivity index (χ3v) is 5.32. The second-order valence-corrected chi connectivity index (χ2v) is 7.41. The molecule has 3 heterocycles. The second kappa shape index (κ2) is 9.32. The summed E-state index contributed by atoms with van der Waals surface area (Å²) in [7, 11) is 0. The van der Waals surface area contributed by atoms with Crippen LogP contribution in [-0.4, -0.2) is 98.9 Å². The minimum atomic E-state index is -0.0764. The SMILES string of the molecule is O=C(CN1CCN(C(=O)N2CCOCC2)CC1)Nc1ccc2c(c1)OCCCO2. The monoisotopic (exact) mass is 404 g/mol. The van der Waals surface area contributed by atoms with Crippen LogP contribution in [0.25, 0.3) is 0 Å². The lowest BCUT2D eigenvalue weighted by molar-refractivity contribution is -0.117. The van der Waals surface area contributed by atoms with Crippen LogP contribution in [0.5, 0.6) is 11.5 Å². The summed E-state index contributed by atoms with van der Waals surface area (Å²) in [6.07, 6.45) is 0.844. The molecule has 29 heavy (non-hydrogen) atoms. The maximum absolute atomic E-state index is 12.5. The lowest BCUT2D eigenvalue weighted by Crippen LogP contribution is -2.55. The van der Waals surface area contributed by atoms with Crippen molar-refractivity contribution in [2.45, 2.75) is 6.42 Å². The Balaban J connectivity index is 1.24. The van der Waals surface area contributed by atoms with Crippen molar-refractivity contribution in [2.75, 3.05) is 77.6 Å². The molecule has 1 aromatic carbocycles. The van der Waals surface area contributed by atoms with Crippen molar-refractivity contribution in [2.24, 2.45) is 0 Å². The molecule has 0 saturated carbocycles. The van der Waals surface area contributed by atoms with E-state index in [9.17, 15) is 9.59 Å². The second-order valence-electron chi connectivity index (χ2n) is 7.41. The summed E-state index contributed by atoms with van der Waals surface area (Å²) in [6.45, 7) is 6.69. The summed E-state index contributed by atoms with van der Waals surface area (Å²) in [5.74, 6) is 1.30. The number of amides is 3. The molecule has 2 fully saturated rings. The van der Waals surface area contributed by atoms with Gasteiger partial charge in [0.1, 0.15) is 0 Å². The van der Waals surface area contributed by atoms with Gasteiger partial charge in [0, 0.05) is 57.4 Å². The van der Waals surface area contributed by atoms with Crippen molar-refractivity contribution >= 4 is 17.6 Å². The Morgan fingerprint density at radius 1 is 0.862 bits per heavy atom. The Morgan fingerprint density at radius 3 is 2.31 bits per heavy atom. The fourth-order valence-corrected chi connectivity index (χ4v) is 3.70. The van der Waals surface area contributed by atoms with Gasteiger partial charge < -0.3 is 29.3 Å². The van der Waals surface area contributed by atoms with Crippen LogP contribution in [0.4, 0.5) is 10.5 Å². The van der Waals surface area contributed by atoms with E-state index in [0.717, 1.165) is 6.42 Å². The highest BCUT2D eigenvalue weighted by atomic mass is 16.5. The van der Waals surface area contributed by atoms with Gasteiger partial charge in [-0.15, -0.1) is 0 Å². The molecular weight excluding hydrogens is 376 g/mol. The Labute approximate surface area is 170 Å². The van der Waals surface area contributed by atoms with Crippen molar-refractivity contribution in [1.29, 1.82) is 0 Å². The summed E-state index contributed by atoms with van der Waals surface area (Å²) >= 11 is 0. The minimum absolute atomic E-state index is 0.0737. The summed E-state index contributed by atoms with van der Waals surface area (Å²) in [5.41, 5.74) is 0.695. The average Bonchev–Trinajstić information content (AvgIpc) is 2.99. The van der Waals surface area contributed by atoms with Crippen molar-refractivity contribution < 1.29 is 23.8 Å². The highest BCUT2D eigenvalue weighted by Crippen LogP contribution is 2.32. The summed E-state index contributed by atoms with van der Waals surface area (Å²) in [5, 5.41) is 2.93. The van der Waals surface area contributed by atoms with Gasteiger partial charge in [-0.2, -0.15) is 0 Å². The molecule has 0 atom stereocenters. The Kier molecular flexibility index (Phi) is 6.36. The van der Waals surface area contributed by atoms with Gasteiger partial charge in [-0.1, -0.05) is 0 Å². The van der Waals surface area contributed by atoms with E-state index in [1.165, 1.54) is 0 Å². The minimum Gasteiger partial charge on any atom is -0.490 e. The van der Waals surface area contributed by atoms with Crippen LogP contribution in [0.2, 0.25) is 0 Å². The number of nitrogens with zero attached hydrogens (tertiary/aromatic N) is 3. The van der Waals surface area contributed by atoms with E-state index < -0.39 is 0 Å². The van der Waals surface area contributed by atoms with E-state index >= 15 is 0 Å². The molecule has 158 valence electrons. The number of carbonyl (C=O) groups excluding carboxylic acids is 2. The number of urea groups is 1. The van der Waals surface area contributed by atoms with E-state index in [-0.39, 0.29) is 11.9 Å². The molecule has 1 N–H and O–H groups in total. The predicted octanol–water partition coefficient (Wildman–Crippen LogP) is 0.856. The predicted molar refractivity (Wildman–Crippen MR) is 106 cm³/mol. The topological polar surface area (TPSA) is 83.6 Å². The number of nitrogens with one attached hydrogen (secondary N) is 1. The molecule has 2 saturated heterocycles. The lowest BCUT2D eigenvalue weighted by Gasteiger charge is -2.38. The standard InChI is InChI=1S/C20H28N4O5/c25-19(21-16-2-3-17-18(14-16)29-11-1-10-28-17)15-22-4-6-23(7-5-22)20(26)24-8-12-27-13-9-24/h2-3,14H,1,4-13,15H2,(H,21,25). The first-order chi connectivity index (χ1) is 14.2. The molecule has 0 aliphatic carbocycles. The first-order valence-corrected chi connectivity index (χ1v) is 10.2. The van der Waals surface area contributed by atoms with E-state index in [2.05, 4.69) is 10.2 Å². The molecule has 3 aliphatic heterocycles. The largest absolute Gasteiger partial charge is 0.490 e. The molecule has 0 unspecified atom stereocenters. The van der Waals surface area contributed by atoms with Crippen LogP contribution in [-0.2, 0) is 9.53 Å². The number of ether oxygens (including phenoxy) is 3. The molecule has 0 spiro atoms. The van der Waals surface area contributed by atoms with Gasteiger partial charge in [-0.25, -0.2) is 4.79 Å². The maximum atomic E-state index is 12.5. The first-order valence-electron chi connectivity index (χ1n) is 10.2. The van der Waals surface area contributed by atoms with E-state index in [1.54, 1.807) is 6.07 Å². The van der Waals surface area contributed by atoms with Crippen LogP contribution in [0.3, 0.4) is 0 Å². The summed E-state index contributed by atoms with van der Waals surface area (Å²) < 4.78 is 16.6. The third kappa shape index (κ3) is 5.10. The van der Waals surface area contributed by atoms with Crippen molar-refractivity contribution in [3.05, 3.63) is 18.2 Å². The van der Waals surface area contributed by atoms with Crippen LogP contribution in [0.15, 0.2) is 18.2 Å². The Bertz CT molecular complexity index is 730. The Morgan fingerprint density at radius 2 is 1.55 bits per heavy atom. The average molecular weight is 404 g/mol. The molecule has 9 nitrogen and oxygen atoms in total. The highest BCUT2D eigenvalue weighted by molar-refractivity contribution is 5.92. The fourth-order valence-electron chi connectivity index (χ4n) is 3.70. The van der Waals surface area contributed by atoms with Crippen LogP contribution in [0, 0.1) is 0 Å². The molecular formula is C20H28N4O5. The van der Waals surface area contributed by atoms with E-state index in [1.807, 2.05) is 21.9 Å². The quantitative estimate of drug-likeness (QED) is 0.805. The molecule has 3 amide bonds. The first kappa shape index (κ1) is 19.8. The number of fused-ring (bicyclic) bond motifs is 1. The van der Waals surface area contributed by atoms with Gasteiger partial charge in [0.15, 0.2) is 11.5 Å². The van der Waals surface area contributed by atoms with Crippen LogP contribution >= 0.6 is 0 Å². The van der Waals surface area contributed by atoms with Gasteiger partial charge in [-0.05, 0) is 12.1 Å². The molecule has 3 aliphatic rings. The van der Waals surface area contributed by atoms with Crippen molar-refractivity contribution in [1.82, 2.24) is 14.7 Å². The molecule has 9 heteroatoms. The molecule has 0 aromatic heterocycles. The molecule has 0 radical (unpaired) electrons. The number of morpholine rings is 1. The zero-order valence-electron chi connectivity index (χ0n) is 16.6. The van der Waals surface area contributed by atoms with Crippen LogP contribution < -0.4 is 14.8 Å². The van der Waals surface area contributed by atoms with Gasteiger partial charge in [0.25, 0.3) is 0 Å². The number of piperazine rings is 1. The summed E-state index contributed by atoms with van der Waals surface area (Å²) in [6, 6.07) is 5.53. The molecule has 0 bridgehead atoms. The van der Waals surface area contributed by atoms with E-state index in [4.69, 9.17) is 14.2 Å². The maximum Gasteiger partial charge on any atom is 0.320 e. The fraction of sp³-hybridized carbons (Fsp3) is 0.600. The number of benzene rings is 1. The van der Waals surface area contributed by atoms with Gasteiger partial charge in [0.2, 0.25) is 5.91 Å². The van der Waals surface area contributed by atoms with Crippen LogP contribution in [0.1, 0.15) is 6.42 Å². The van der Waals surface area contributed by atoms with Gasteiger partial charge in [-0.3, -0.25) is 9.69 Å².